The van der Waals surface area contributed by atoms with E-state index in [1.54, 1.807) is 0 Å². The monoisotopic (exact) mass is 508 g/mol. The smallest absolute Gasteiger partial charge is 0.223 e. The third-order valence-corrected chi connectivity index (χ3v) is 11.1. The molecule has 3 aliphatic carbocycles. The van der Waals surface area contributed by atoms with E-state index < -0.39 is 10.8 Å². The molecule has 0 unspecified atom stereocenters. The first-order chi connectivity index (χ1) is 17.0. The second kappa shape index (κ2) is 9.83. The van der Waals surface area contributed by atoms with Crippen molar-refractivity contribution < 1.29 is 14.4 Å². The molecule has 5 heteroatoms. The molecule has 0 radical (unpaired) electrons. The van der Waals surface area contributed by atoms with Crippen molar-refractivity contribution in [2.45, 2.75) is 113 Å². The SMILES string of the molecule is CCCC(C)(C)CC[C@@](C)(CC[C@]1(C)CC(=O)C=C2[C@@]3(C)C=C(C#N)C(=O)[C@@H](C)[C@@H]3CC[C@]21C)C(N)=O. The van der Waals surface area contributed by atoms with Crippen molar-refractivity contribution in [3.63, 3.8) is 0 Å². The molecule has 0 saturated heterocycles. The first-order valence-electron chi connectivity index (χ1n) is 14.2. The number of nitrogens with two attached hydrogens (primary N) is 1. The van der Waals surface area contributed by atoms with Gasteiger partial charge in [0.05, 0.1) is 5.57 Å². The fourth-order valence-electron chi connectivity index (χ4n) is 7.95. The zero-order chi connectivity index (χ0) is 28.0. The summed E-state index contributed by atoms with van der Waals surface area (Å²) >= 11 is 0. The normalized spacial score (nSPS) is 35.4. The van der Waals surface area contributed by atoms with E-state index in [-0.39, 0.29) is 51.1 Å². The Labute approximate surface area is 224 Å². The molecule has 0 aliphatic heterocycles. The Kier molecular flexibility index (Phi) is 7.79. The molecule has 3 rings (SSSR count). The molecule has 6 atom stereocenters. The van der Waals surface area contributed by atoms with Gasteiger partial charge >= 0.3 is 0 Å². The van der Waals surface area contributed by atoms with Crippen LogP contribution in [-0.4, -0.2) is 17.5 Å². The van der Waals surface area contributed by atoms with Crippen LogP contribution in [0.15, 0.2) is 23.3 Å². The molecular weight excluding hydrogens is 460 g/mol. The van der Waals surface area contributed by atoms with Crippen LogP contribution in [0.4, 0.5) is 0 Å². The van der Waals surface area contributed by atoms with Gasteiger partial charge in [-0.2, -0.15) is 5.26 Å². The average molecular weight is 509 g/mol. The van der Waals surface area contributed by atoms with Crippen LogP contribution in [0, 0.1) is 50.2 Å². The van der Waals surface area contributed by atoms with Gasteiger partial charge in [0.1, 0.15) is 6.07 Å². The van der Waals surface area contributed by atoms with Gasteiger partial charge in [0.25, 0.3) is 0 Å². The van der Waals surface area contributed by atoms with Crippen molar-refractivity contribution >= 4 is 17.5 Å². The molecule has 1 saturated carbocycles. The Morgan fingerprint density at radius 2 is 1.78 bits per heavy atom. The van der Waals surface area contributed by atoms with Gasteiger partial charge in [0.2, 0.25) is 5.91 Å². The quantitative estimate of drug-likeness (QED) is 0.367. The van der Waals surface area contributed by atoms with Crippen LogP contribution in [0.1, 0.15) is 113 Å². The highest BCUT2D eigenvalue weighted by molar-refractivity contribution is 6.02. The maximum absolute atomic E-state index is 13.3. The zero-order valence-electron chi connectivity index (χ0n) is 24.4. The summed E-state index contributed by atoms with van der Waals surface area (Å²) in [7, 11) is 0. The van der Waals surface area contributed by atoms with Crippen molar-refractivity contribution in [2.24, 2.45) is 44.6 Å². The molecule has 0 bridgehead atoms. The third kappa shape index (κ3) is 4.98. The highest BCUT2D eigenvalue weighted by Gasteiger charge is 2.61. The van der Waals surface area contributed by atoms with E-state index >= 15 is 0 Å². The predicted molar refractivity (Wildman–Crippen MR) is 147 cm³/mol. The van der Waals surface area contributed by atoms with E-state index in [4.69, 9.17) is 5.73 Å². The van der Waals surface area contributed by atoms with Crippen LogP contribution in [-0.2, 0) is 14.4 Å². The molecule has 1 amide bonds. The molecule has 0 heterocycles. The topological polar surface area (TPSA) is 101 Å². The van der Waals surface area contributed by atoms with Gasteiger partial charge in [-0.3, -0.25) is 14.4 Å². The fraction of sp³-hybridized carbons (Fsp3) is 0.750. The number of amides is 1. The highest BCUT2D eigenvalue weighted by Crippen LogP contribution is 2.67. The molecule has 5 nitrogen and oxygen atoms in total. The Hall–Kier alpha value is -2.22. The van der Waals surface area contributed by atoms with Crippen molar-refractivity contribution in [1.29, 1.82) is 5.26 Å². The number of rotatable bonds is 9. The standard InChI is InChI=1S/C32H48N2O3/c1-9-11-28(3,4)13-14-29(5,27(34)37)15-16-30(6)19-23(35)17-25-31(7)18-22(20-33)26(36)21(2)24(31)10-12-32(25,30)8/h17-18,21,24H,9-16,19H2,1-8H3,(H2,34,37)/t21-,24-,29-,30+,31-,32+/m0/s1. The summed E-state index contributed by atoms with van der Waals surface area (Å²) in [5.74, 6) is -0.421. The number of Topliss-reactive ketones (excluding diaryl/α,β-unsaturated/α-hetero) is 1. The Morgan fingerprint density at radius 3 is 2.35 bits per heavy atom. The van der Waals surface area contributed by atoms with Crippen molar-refractivity contribution in [1.82, 2.24) is 0 Å². The number of primary amides is 1. The molecule has 37 heavy (non-hydrogen) atoms. The van der Waals surface area contributed by atoms with Crippen molar-refractivity contribution in [3.8, 4) is 6.07 Å². The highest BCUT2D eigenvalue weighted by atomic mass is 16.1. The van der Waals surface area contributed by atoms with E-state index in [0.717, 1.165) is 50.5 Å². The van der Waals surface area contributed by atoms with Gasteiger partial charge in [0.15, 0.2) is 11.6 Å². The second-order valence-electron chi connectivity index (χ2n) is 14.2. The summed E-state index contributed by atoms with van der Waals surface area (Å²) in [5.41, 5.74) is 5.68. The lowest BCUT2D eigenvalue weighted by atomic mass is 9.42. The van der Waals surface area contributed by atoms with E-state index in [2.05, 4.69) is 47.6 Å². The number of fused-ring (bicyclic) bond motifs is 3. The number of hydrogen-bond donors (Lipinski definition) is 1. The Balaban J connectivity index is 1.95. The molecular formula is C32H48N2O3. The van der Waals surface area contributed by atoms with Gasteiger partial charge < -0.3 is 5.73 Å². The summed E-state index contributed by atoms with van der Waals surface area (Å²) in [4.78, 5) is 38.8. The molecule has 204 valence electrons. The number of nitrogens with zero attached hydrogens (tertiary/aromatic N) is 1. The largest absolute Gasteiger partial charge is 0.369 e. The number of ketones is 2. The lowest BCUT2D eigenvalue weighted by Gasteiger charge is -2.61. The van der Waals surface area contributed by atoms with Crippen LogP contribution < -0.4 is 5.73 Å². The maximum atomic E-state index is 13.3. The van der Waals surface area contributed by atoms with Gasteiger partial charge in [-0.05, 0) is 73.2 Å². The molecule has 0 aromatic carbocycles. The molecule has 1 fully saturated rings. The zero-order valence-corrected chi connectivity index (χ0v) is 24.4. The van der Waals surface area contributed by atoms with E-state index in [1.165, 1.54) is 0 Å². The summed E-state index contributed by atoms with van der Waals surface area (Å²) < 4.78 is 0. The number of carbonyl (C=O) groups excluding carboxylic acids is 3. The molecule has 2 N–H and O–H groups in total. The Bertz CT molecular complexity index is 1080. The van der Waals surface area contributed by atoms with Gasteiger partial charge in [-0.25, -0.2) is 0 Å². The van der Waals surface area contributed by atoms with E-state index in [1.807, 2.05) is 26.0 Å². The summed E-state index contributed by atoms with van der Waals surface area (Å²) in [5, 5.41) is 9.70. The summed E-state index contributed by atoms with van der Waals surface area (Å²) in [6, 6.07) is 2.12. The van der Waals surface area contributed by atoms with E-state index in [9.17, 15) is 19.6 Å². The maximum Gasteiger partial charge on any atom is 0.223 e. The lowest BCUT2D eigenvalue weighted by Crippen LogP contribution is -2.55. The second-order valence-corrected chi connectivity index (χ2v) is 14.2. The minimum absolute atomic E-state index is 0.0725. The van der Waals surface area contributed by atoms with Crippen molar-refractivity contribution in [2.75, 3.05) is 0 Å². The van der Waals surface area contributed by atoms with Crippen LogP contribution in [0.25, 0.3) is 0 Å². The van der Waals surface area contributed by atoms with E-state index in [0.29, 0.717) is 12.8 Å². The minimum atomic E-state index is -0.629. The van der Waals surface area contributed by atoms with Gasteiger partial charge in [-0.15, -0.1) is 0 Å². The number of hydrogen-bond acceptors (Lipinski definition) is 4. The molecule has 3 aliphatic rings. The minimum Gasteiger partial charge on any atom is -0.369 e. The van der Waals surface area contributed by atoms with Crippen LogP contribution in [0.3, 0.4) is 0 Å². The Morgan fingerprint density at radius 1 is 1.14 bits per heavy atom. The summed E-state index contributed by atoms with van der Waals surface area (Å²) in [6.45, 7) is 17.2. The van der Waals surface area contributed by atoms with Gasteiger partial charge in [0, 0.05) is 23.2 Å². The molecule has 0 aromatic rings. The fourth-order valence-corrected chi connectivity index (χ4v) is 7.95. The predicted octanol–water partition coefficient (Wildman–Crippen LogP) is 6.86. The third-order valence-electron chi connectivity index (χ3n) is 11.1. The van der Waals surface area contributed by atoms with Crippen LogP contribution >= 0.6 is 0 Å². The molecule has 0 spiro atoms. The number of carbonyl (C=O) groups is 3. The number of nitriles is 1. The van der Waals surface area contributed by atoms with Crippen LogP contribution in [0.2, 0.25) is 0 Å². The first kappa shape index (κ1) is 29.3. The van der Waals surface area contributed by atoms with Crippen LogP contribution in [0.5, 0.6) is 0 Å². The first-order valence-corrected chi connectivity index (χ1v) is 14.2. The summed E-state index contributed by atoms with van der Waals surface area (Å²) in [6.07, 6.45) is 11.1. The molecule has 0 aromatic heterocycles. The van der Waals surface area contributed by atoms with Crippen molar-refractivity contribution in [3.05, 3.63) is 23.3 Å². The average Bonchev–Trinajstić information content (AvgIpc) is 2.80. The lowest BCUT2D eigenvalue weighted by molar-refractivity contribution is -0.129. The van der Waals surface area contributed by atoms with Gasteiger partial charge in [-0.1, -0.05) is 73.5 Å². The number of allylic oxidation sites excluding steroid dienone is 4.